The fourth-order valence-electron chi connectivity index (χ4n) is 3.01. The van der Waals surface area contributed by atoms with Gasteiger partial charge in [0, 0.05) is 24.8 Å². The molecule has 0 spiro atoms. The number of hydrogen-bond acceptors (Lipinski definition) is 6. The molecule has 1 aliphatic heterocycles. The number of nitrogens with one attached hydrogen (secondary N) is 2. The fourth-order valence-corrected chi connectivity index (χ4v) is 3.01. The highest BCUT2D eigenvalue weighted by Gasteiger charge is 2.31. The van der Waals surface area contributed by atoms with Crippen LogP contribution < -0.4 is 10.6 Å². The highest BCUT2D eigenvalue weighted by Crippen LogP contribution is 2.23. The second kappa shape index (κ2) is 7.68. The van der Waals surface area contributed by atoms with E-state index in [1.54, 1.807) is 7.11 Å². The van der Waals surface area contributed by atoms with Crippen molar-refractivity contribution in [2.45, 2.75) is 31.3 Å². The molecule has 6 heteroatoms. The molecule has 0 saturated carbocycles. The Kier molecular flexibility index (Phi) is 5.38. The van der Waals surface area contributed by atoms with E-state index in [4.69, 9.17) is 9.26 Å². The lowest BCUT2D eigenvalue weighted by Crippen LogP contribution is -2.52. The molecule has 3 rings (SSSR count). The minimum Gasteiger partial charge on any atom is -0.385 e. The van der Waals surface area contributed by atoms with E-state index < -0.39 is 0 Å². The van der Waals surface area contributed by atoms with Gasteiger partial charge in [0.25, 0.3) is 0 Å². The topological polar surface area (TPSA) is 72.2 Å². The Morgan fingerprint density at radius 2 is 2.04 bits per heavy atom. The smallest absolute Gasteiger partial charge is 0.240 e. The lowest BCUT2D eigenvalue weighted by Gasteiger charge is -2.38. The zero-order valence-corrected chi connectivity index (χ0v) is 13.5. The van der Waals surface area contributed by atoms with Crippen LogP contribution in [0.5, 0.6) is 0 Å². The summed E-state index contributed by atoms with van der Waals surface area (Å²) in [5, 5.41) is 11.1. The van der Waals surface area contributed by atoms with Crippen LogP contribution in [-0.2, 0) is 11.3 Å². The van der Waals surface area contributed by atoms with Gasteiger partial charge in [0.1, 0.15) is 0 Å². The number of piperidine rings is 1. The molecular formula is C17H24N4O2. The third-order valence-corrected chi connectivity index (χ3v) is 4.46. The van der Waals surface area contributed by atoms with Crippen molar-refractivity contribution in [1.29, 1.82) is 0 Å². The summed E-state index contributed by atoms with van der Waals surface area (Å²) in [6, 6.07) is 9.88. The second-order valence-corrected chi connectivity index (χ2v) is 6.00. The van der Waals surface area contributed by atoms with Gasteiger partial charge in [0.05, 0.1) is 6.54 Å². The highest BCUT2D eigenvalue weighted by molar-refractivity contribution is 5.53. The van der Waals surface area contributed by atoms with Crippen LogP contribution in [0.3, 0.4) is 0 Å². The van der Waals surface area contributed by atoms with Gasteiger partial charge in [0.15, 0.2) is 0 Å². The van der Waals surface area contributed by atoms with Gasteiger partial charge >= 0.3 is 0 Å². The fraction of sp³-hybridized carbons (Fsp3) is 0.529. The monoisotopic (exact) mass is 316 g/mol. The summed E-state index contributed by atoms with van der Waals surface area (Å²) in [6.45, 7) is 3.39. The van der Waals surface area contributed by atoms with E-state index in [0.29, 0.717) is 18.3 Å². The molecule has 1 aromatic carbocycles. The maximum atomic E-state index is 5.39. The summed E-state index contributed by atoms with van der Waals surface area (Å²) in [6.07, 6.45) is 3.15. The molecule has 0 bridgehead atoms. The summed E-state index contributed by atoms with van der Waals surface area (Å²) in [5.41, 5.74) is 1.06. The molecule has 6 nitrogen and oxygen atoms in total. The molecule has 0 unspecified atom stereocenters. The van der Waals surface area contributed by atoms with Crippen LogP contribution >= 0.6 is 0 Å². The van der Waals surface area contributed by atoms with Crippen molar-refractivity contribution in [1.82, 2.24) is 20.8 Å². The van der Waals surface area contributed by atoms with Gasteiger partial charge in [0.2, 0.25) is 11.7 Å². The van der Waals surface area contributed by atoms with Gasteiger partial charge < -0.3 is 19.9 Å². The van der Waals surface area contributed by atoms with Crippen molar-refractivity contribution >= 4 is 0 Å². The Bertz CT molecular complexity index is 594. The van der Waals surface area contributed by atoms with Crippen molar-refractivity contribution in [2.75, 3.05) is 26.8 Å². The molecule has 2 N–H and O–H groups in total. The number of rotatable bonds is 7. The lowest BCUT2D eigenvalue weighted by molar-refractivity contribution is 0.130. The first-order valence-electron chi connectivity index (χ1n) is 8.14. The molecule has 2 heterocycles. The van der Waals surface area contributed by atoms with Gasteiger partial charge in [-0.05, 0) is 32.4 Å². The van der Waals surface area contributed by atoms with E-state index in [1.165, 1.54) is 0 Å². The summed E-state index contributed by atoms with van der Waals surface area (Å²) in [7, 11) is 1.75. The third kappa shape index (κ3) is 4.16. The molecule has 1 aromatic heterocycles. The molecule has 0 amide bonds. The standard InChI is InChI=1S/C17H24N4O2/c1-22-12-9-17(7-10-18-11-8-17)19-13-15-20-16(21-23-15)14-5-3-2-4-6-14/h2-6,18-19H,7-13H2,1H3. The molecule has 0 radical (unpaired) electrons. The molecular weight excluding hydrogens is 292 g/mol. The quantitative estimate of drug-likeness (QED) is 0.814. The van der Waals surface area contributed by atoms with E-state index in [2.05, 4.69) is 20.8 Å². The average Bonchev–Trinajstić information content (AvgIpc) is 3.09. The molecule has 2 aromatic rings. The van der Waals surface area contributed by atoms with Gasteiger partial charge in [-0.3, -0.25) is 0 Å². The van der Waals surface area contributed by atoms with Crippen LogP contribution in [-0.4, -0.2) is 42.5 Å². The summed E-state index contributed by atoms with van der Waals surface area (Å²) >= 11 is 0. The zero-order chi connectivity index (χ0) is 16.0. The number of benzene rings is 1. The predicted molar refractivity (Wildman–Crippen MR) is 87.9 cm³/mol. The average molecular weight is 316 g/mol. The minimum atomic E-state index is 0.0860. The normalized spacial score (nSPS) is 17.3. The van der Waals surface area contributed by atoms with Gasteiger partial charge in [-0.25, -0.2) is 0 Å². The lowest BCUT2D eigenvalue weighted by atomic mass is 9.85. The predicted octanol–water partition coefficient (Wildman–Crippen LogP) is 1.98. The largest absolute Gasteiger partial charge is 0.385 e. The first kappa shape index (κ1) is 16.1. The zero-order valence-electron chi connectivity index (χ0n) is 13.5. The summed E-state index contributed by atoms with van der Waals surface area (Å²) in [5.74, 6) is 1.26. The van der Waals surface area contributed by atoms with Crippen LogP contribution in [0.1, 0.15) is 25.2 Å². The van der Waals surface area contributed by atoms with Crippen molar-refractivity contribution < 1.29 is 9.26 Å². The molecule has 1 aliphatic rings. The first-order chi connectivity index (χ1) is 11.3. The molecule has 0 aliphatic carbocycles. The van der Waals surface area contributed by atoms with E-state index in [9.17, 15) is 0 Å². The molecule has 23 heavy (non-hydrogen) atoms. The number of hydrogen-bond donors (Lipinski definition) is 2. The Balaban J connectivity index is 1.63. The van der Waals surface area contributed by atoms with Crippen LogP contribution in [0.25, 0.3) is 11.4 Å². The van der Waals surface area contributed by atoms with Gasteiger partial charge in [-0.2, -0.15) is 4.98 Å². The molecule has 124 valence electrons. The number of nitrogens with zero attached hydrogens (tertiary/aromatic N) is 2. The van der Waals surface area contributed by atoms with Gasteiger partial charge in [-0.15, -0.1) is 0 Å². The number of aromatic nitrogens is 2. The van der Waals surface area contributed by atoms with Crippen molar-refractivity contribution in [2.24, 2.45) is 0 Å². The summed E-state index contributed by atoms with van der Waals surface area (Å²) in [4.78, 5) is 4.49. The summed E-state index contributed by atoms with van der Waals surface area (Å²) < 4.78 is 10.7. The van der Waals surface area contributed by atoms with Crippen LogP contribution in [0.2, 0.25) is 0 Å². The Labute approximate surface area is 136 Å². The Hall–Kier alpha value is -1.76. The Morgan fingerprint density at radius 3 is 2.78 bits per heavy atom. The minimum absolute atomic E-state index is 0.0860. The number of methoxy groups -OCH3 is 1. The highest BCUT2D eigenvalue weighted by atomic mass is 16.5. The van der Waals surface area contributed by atoms with Crippen LogP contribution in [0.4, 0.5) is 0 Å². The van der Waals surface area contributed by atoms with E-state index in [-0.39, 0.29) is 5.54 Å². The van der Waals surface area contributed by atoms with Crippen LogP contribution in [0, 0.1) is 0 Å². The second-order valence-electron chi connectivity index (χ2n) is 6.00. The van der Waals surface area contributed by atoms with Crippen molar-refractivity contribution in [3.05, 3.63) is 36.2 Å². The van der Waals surface area contributed by atoms with Crippen molar-refractivity contribution in [3.63, 3.8) is 0 Å². The van der Waals surface area contributed by atoms with E-state index in [1.807, 2.05) is 30.3 Å². The first-order valence-corrected chi connectivity index (χ1v) is 8.14. The van der Waals surface area contributed by atoms with Crippen molar-refractivity contribution in [3.8, 4) is 11.4 Å². The maximum absolute atomic E-state index is 5.39. The third-order valence-electron chi connectivity index (χ3n) is 4.46. The molecule has 0 atom stereocenters. The van der Waals surface area contributed by atoms with Gasteiger partial charge in [-0.1, -0.05) is 35.5 Å². The number of ether oxygens (including phenoxy) is 1. The molecule has 1 saturated heterocycles. The maximum Gasteiger partial charge on any atom is 0.240 e. The Morgan fingerprint density at radius 1 is 1.26 bits per heavy atom. The SMILES string of the molecule is COCCC1(NCc2nc(-c3ccccc3)no2)CCNCC1. The van der Waals surface area contributed by atoms with E-state index in [0.717, 1.165) is 44.5 Å². The van der Waals surface area contributed by atoms with E-state index >= 15 is 0 Å². The molecule has 1 fully saturated rings. The van der Waals surface area contributed by atoms with Crippen LogP contribution in [0.15, 0.2) is 34.9 Å².